The quantitative estimate of drug-likeness (QED) is 0.205. The number of amides is 1. The third-order valence-electron chi connectivity index (χ3n) is 6.49. The summed E-state index contributed by atoms with van der Waals surface area (Å²) < 4.78 is 1.95. The minimum atomic E-state index is -0.129. The fourth-order valence-electron chi connectivity index (χ4n) is 4.44. The number of nitrogens with two attached hydrogens (primary N) is 1. The van der Waals surface area contributed by atoms with E-state index < -0.39 is 0 Å². The van der Waals surface area contributed by atoms with Crippen LogP contribution in [0.1, 0.15) is 73.9 Å². The topological polar surface area (TPSA) is 72.9 Å². The van der Waals surface area contributed by atoms with Crippen molar-refractivity contribution in [2.75, 3.05) is 11.1 Å². The highest BCUT2D eigenvalue weighted by atomic mass is 35.5. The van der Waals surface area contributed by atoms with E-state index >= 15 is 0 Å². The zero-order valence-corrected chi connectivity index (χ0v) is 22.1. The van der Waals surface area contributed by atoms with Crippen LogP contribution in [0.25, 0.3) is 16.7 Å². The van der Waals surface area contributed by atoms with Crippen molar-refractivity contribution in [1.82, 2.24) is 9.55 Å². The summed E-state index contributed by atoms with van der Waals surface area (Å²) in [6, 6.07) is 22.1. The molecule has 190 valence electrons. The number of anilines is 2. The lowest BCUT2D eigenvalue weighted by molar-refractivity contribution is 0.102. The Morgan fingerprint density at radius 2 is 1.42 bits per heavy atom. The van der Waals surface area contributed by atoms with Gasteiger partial charge in [-0.25, -0.2) is 4.98 Å². The van der Waals surface area contributed by atoms with Gasteiger partial charge in [0.2, 0.25) is 5.95 Å². The molecule has 0 bridgehead atoms. The second-order valence-corrected chi connectivity index (χ2v) is 9.24. The first-order valence-electron chi connectivity index (χ1n) is 12.9. The predicted molar refractivity (Wildman–Crippen MR) is 154 cm³/mol. The molecule has 4 aromatic rings. The summed E-state index contributed by atoms with van der Waals surface area (Å²) >= 11 is 0. The van der Waals surface area contributed by atoms with Crippen molar-refractivity contribution < 1.29 is 4.79 Å². The van der Waals surface area contributed by atoms with Crippen LogP contribution in [-0.2, 0) is 12.8 Å². The molecule has 4 rings (SSSR count). The molecule has 5 nitrogen and oxygen atoms in total. The van der Waals surface area contributed by atoms with Crippen molar-refractivity contribution in [3.63, 3.8) is 0 Å². The van der Waals surface area contributed by atoms with Crippen LogP contribution in [0.15, 0.2) is 66.7 Å². The minimum absolute atomic E-state index is 0. The number of hydrogen-bond donors (Lipinski definition) is 2. The van der Waals surface area contributed by atoms with Gasteiger partial charge in [0.15, 0.2) is 0 Å². The van der Waals surface area contributed by atoms with E-state index in [1.54, 1.807) is 0 Å². The Morgan fingerprint density at radius 3 is 2.00 bits per heavy atom. The molecule has 1 heterocycles. The average Bonchev–Trinajstić information content (AvgIpc) is 3.20. The van der Waals surface area contributed by atoms with Crippen LogP contribution in [0.5, 0.6) is 0 Å². The lowest BCUT2D eigenvalue weighted by atomic mass is 10.1. The van der Waals surface area contributed by atoms with Gasteiger partial charge in [-0.3, -0.25) is 9.36 Å². The van der Waals surface area contributed by atoms with Crippen LogP contribution >= 0.6 is 12.4 Å². The van der Waals surface area contributed by atoms with Crippen LogP contribution < -0.4 is 11.1 Å². The number of fused-ring (bicyclic) bond motifs is 1. The van der Waals surface area contributed by atoms with Gasteiger partial charge >= 0.3 is 0 Å². The molecule has 3 aromatic carbocycles. The van der Waals surface area contributed by atoms with Gasteiger partial charge in [0.05, 0.1) is 11.0 Å². The van der Waals surface area contributed by atoms with E-state index in [-0.39, 0.29) is 18.3 Å². The number of carbonyl (C=O) groups excluding carboxylic acids is 1. The summed E-state index contributed by atoms with van der Waals surface area (Å²) in [7, 11) is 0. The lowest BCUT2D eigenvalue weighted by Gasteiger charge is -2.09. The summed E-state index contributed by atoms with van der Waals surface area (Å²) in [5.41, 5.74) is 12.9. The second kappa shape index (κ2) is 13.1. The monoisotopic (exact) mass is 504 g/mol. The highest BCUT2D eigenvalue weighted by Gasteiger charge is 2.12. The number of hydrogen-bond acceptors (Lipinski definition) is 3. The number of aryl methyl sites for hydroxylation is 2. The van der Waals surface area contributed by atoms with E-state index in [1.807, 2.05) is 47.0 Å². The van der Waals surface area contributed by atoms with Gasteiger partial charge in [-0.1, -0.05) is 63.8 Å². The Labute approximate surface area is 220 Å². The summed E-state index contributed by atoms with van der Waals surface area (Å²) in [5.74, 6) is 0.302. The third-order valence-corrected chi connectivity index (χ3v) is 6.49. The van der Waals surface area contributed by atoms with Gasteiger partial charge in [0.25, 0.3) is 5.91 Å². The van der Waals surface area contributed by atoms with E-state index in [4.69, 9.17) is 5.73 Å². The Kier molecular flexibility index (Phi) is 9.95. The molecular formula is C30H37ClN4O. The van der Waals surface area contributed by atoms with Crippen molar-refractivity contribution in [2.45, 2.75) is 65.2 Å². The van der Waals surface area contributed by atoms with Crippen molar-refractivity contribution in [2.24, 2.45) is 0 Å². The normalized spacial score (nSPS) is 10.8. The maximum atomic E-state index is 12.8. The molecular weight excluding hydrogens is 468 g/mol. The number of carbonyl (C=O) groups is 1. The van der Waals surface area contributed by atoms with Crippen molar-refractivity contribution >= 4 is 41.0 Å². The number of rotatable bonds is 11. The van der Waals surface area contributed by atoms with E-state index in [0.29, 0.717) is 17.2 Å². The molecule has 0 atom stereocenters. The maximum Gasteiger partial charge on any atom is 0.255 e. The largest absolute Gasteiger partial charge is 0.369 e. The molecule has 0 radical (unpaired) electrons. The first kappa shape index (κ1) is 27.3. The molecule has 6 heteroatoms. The van der Waals surface area contributed by atoms with Gasteiger partial charge in [-0.15, -0.1) is 12.4 Å². The summed E-state index contributed by atoms with van der Waals surface area (Å²) in [4.78, 5) is 17.3. The standard InChI is InChI=1S/C30H36N4O.ClH/c1-3-5-7-9-22-11-15-24(16-12-22)29(35)32-25-17-20-28-27(21-25)33-30(31)34(28)26-18-13-23(14-19-26)10-8-6-4-2;/h11-21H,3-10H2,1-2H3,(H2,31,33)(H,32,35);1H. The third kappa shape index (κ3) is 6.67. The Bertz CT molecular complexity index is 1260. The van der Waals surface area contributed by atoms with Crippen molar-refractivity contribution in [3.8, 4) is 5.69 Å². The second-order valence-electron chi connectivity index (χ2n) is 9.24. The summed E-state index contributed by atoms with van der Waals surface area (Å²) in [5, 5.41) is 2.99. The molecule has 0 saturated heterocycles. The van der Waals surface area contributed by atoms with Gasteiger partial charge < -0.3 is 11.1 Å². The summed E-state index contributed by atoms with van der Waals surface area (Å²) in [6.07, 6.45) is 9.46. The van der Waals surface area contributed by atoms with Gasteiger partial charge in [0, 0.05) is 16.9 Å². The summed E-state index contributed by atoms with van der Waals surface area (Å²) in [6.45, 7) is 4.43. The number of imidazole rings is 1. The van der Waals surface area contributed by atoms with Crippen LogP contribution in [0.4, 0.5) is 11.6 Å². The molecule has 0 fully saturated rings. The van der Waals surface area contributed by atoms with Gasteiger partial charge in [0.1, 0.15) is 0 Å². The average molecular weight is 505 g/mol. The molecule has 0 spiro atoms. The number of aromatic nitrogens is 2. The number of nitrogens with one attached hydrogen (secondary N) is 1. The molecule has 1 aromatic heterocycles. The maximum absolute atomic E-state index is 12.8. The predicted octanol–water partition coefficient (Wildman–Crippen LogP) is 7.75. The number of halogens is 1. The first-order chi connectivity index (χ1) is 17.1. The highest BCUT2D eigenvalue weighted by molar-refractivity contribution is 6.05. The van der Waals surface area contributed by atoms with E-state index in [1.165, 1.54) is 49.7 Å². The smallest absolute Gasteiger partial charge is 0.255 e. The Morgan fingerprint density at radius 1 is 0.833 bits per heavy atom. The van der Waals surface area contributed by atoms with Gasteiger partial charge in [-0.05, 0) is 79.3 Å². The van der Waals surface area contributed by atoms with Crippen LogP contribution in [-0.4, -0.2) is 15.5 Å². The van der Waals surface area contributed by atoms with E-state index in [9.17, 15) is 4.79 Å². The number of unbranched alkanes of at least 4 members (excludes halogenated alkanes) is 4. The zero-order chi connectivity index (χ0) is 24.6. The molecule has 1 amide bonds. The number of nitrogens with zero attached hydrogens (tertiary/aromatic N) is 2. The zero-order valence-electron chi connectivity index (χ0n) is 21.3. The fourth-order valence-corrected chi connectivity index (χ4v) is 4.44. The number of benzene rings is 3. The van der Waals surface area contributed by atoms with Crippen molar-refractivity contribution in [1.29, 1.82) is 0 Å². The van der Waals surface area contributed by atoms with Gasteiger partial charge in [-0.2, -0.15) is 0 Å². The fraction of sp³-hybridized carbons (Fsp3) is 0.333. The van der Waals surface area contributed by atoms with Crippen LogP contribution in [0.2, 0.25) is 0 Å². The minimum Gasteiger partial charge on any atom is -0.369 e. The molecule has 0 aliphatic carbocycles. The lowest BCUT2D eigenvalue weighted by Crippen LogP contribution is -2.11. The first-order valence-corrected chi connectivity index (χ1v) is 12.9. The van der Waals surface area contributed by atoms with E-state index in [0.717, 1.165) is 29.6 Å². The molecule has 0 unspecified atom stereocenters. The van der Waals surface area contributed by atoms with Crippen LogP contribution in [0, 0.1) is 0 Å². The molecule has 0 aliphatic heterocycles. The van der Waals surface area contributed by atoms with E-state index in [2.05, 4.69) is 48.4 Å². The van der Waals surface area contributed by atoms with Crippen molar-refractivity contribution in [3.05, 3.63) is 83.4 Å². The SMILES string of the molecule is CCCCCc1ccc(C(=O)Nc2ccc3c(c2)nc(N)n3-c2ccc(CCCCC)cc2)cc1.Cl. The Balaban J connectivity index is 0.00000361. The van der Waals surface area contributed by atoms with Crippen LogP contribution in [0.3, 0.4) is 0 Å². The molecule has 3 N–H and O–H groups in total. The number of nitrogen functional groups attached to an aromatic ring is 1. The highest BCUT2D eigenvalue weighted by Crippen LogP contribution is 2.26. The molecule has 0 saturated carbocycles. The Hall–Kier alpha value is -3.31. The molecule has 0 aliphatic rings. The molecule has 36 heavy (non-hydrogen) atoms.